The van der Waals surface area contributed by atoms with E-state index in [1.165, 1.54) is 6.07 Å². The molecule has 0 saturated carbocycles. The SMILES string of the molecule is NC(=O)c1cccc2c1c1cccc(F)c1n2Cc1ccsc1. The summed E-state index contributed by atoms with van der Waals surface area (Å²) in [7, 11) is 0. The van der Waals surface area contributed by atoms with Crippen LogP contribution in [0.5, 0.6) is 0 Å². The van der Waals surface area contributed by atoms with Gasteiger partial charge in [0.05, 0.1) is 11.0 Å². The molecule has 0 radical (unpaired) electrons. The molecule has 114 valence electrons. The van der Waals surface area contributed by atoms with E-state index in [9.17, 15) is 9.18 Å². The lowest BCUT2D eigenvalue weighted by atomic mass is 10.1. The number of rotatable bonds is 3. The van der Waals surface area contributed by atoms with Crippen LogP contribution in [0, 0.1) is 5.82 Å². The first-order valence-corrected chi connectivity index (χ1v) is 8.11. The first-order valence-electron chi connectivity index (χ1n) is 7.17. The van der Waals surface area contributed by atoms with Gasteiger partial charge in [0.1, 0.15) is 5.82 Å². The van der Waals surface area contributed by atoms with E-state index in [-0.39, 0.29) is 5.82 Å². The fourth-order valence-electron chi connectivity index (χ4n) is 3.09. The molecule has 4 rings (SSSR count). The molecule has 4 aromatic rings. The molecular formula is C18H13FN2OS. The number of carbonyl (C=O) groups is 1. The van der Waals surface area contributed by atoms with Crippen molar-refractivity contribution in [2.75, 3.05) is 0 Å². The predicted molar refractivity (Wildman–Crippen MR) is 91.3 cm³/mol. The lowest BCUT2D eigenvalue weighted by molar-refractivity contribution is 0.100. The van der Waals surface area contributed by atoms with Gasteiger partial charge in [-0.05, 0) is 40.6 Å². The molecule has 0 aliphatic carbocycles. The number of nitrogens with two attached hydrogens (primary N) is 1. The second-order valence-electron chi connectivity index (χ2n) is 5.42. The van der Waals surface area contributed by atoms with Crippen molar-refractivity contribution < 1.29 is 9.18 Å². The Morgan fingerprint density at radius 2 is 2.00 bits per heavy atom. The standard InChI is InChI=1S/C18H13FN2OS/c19-14-5-1-3-12-16-13(18(20)22)4-2-6-15(16)21(17(12)14)9-11-7-8-23-10-11/h1-8,10H,9H2,(H2,20,22). The molecule has 1 amide bonds. The zero-order valence-corrected chi connectivity index (χ0v) is 12.9. The number of nitrogens with zero attached hydrogens (tertiary/aromatic N) is 1. The molecule has 0 saturated heterocycles. The summed E-state index contributed by atoms with van der Waals surface area (Å²) in [4.78, 5) is 11.8. The van der Waals surface area contributed by atoms with Crippen LogP contribution in [0.4, 0.5) is 4.39 Å². The van der Waals surface area contributed by atoms with Crippen molar-refractivity contribution in [3.63, 3.8) is 0 Å². The molecule has 0 atom stereocenters. The molecule has 0 aliphatic heterocycles. The summed E-state index contributed by atoms with van der Waals surface area (Å²) >= 11 is 1.60. The van der Waals surface area contributed by atoms with Gasteiger partial charge in [-0.2, -0.15) is 11.3 Å². The van der Waals surface area contributed by atoms with Gasteiger partial charge in [-0.15, -0.1) is 0 Å². The van der Waals surface area contributed by atoms with E-state index >= 15 is 0 Å². The third kappa shape index (κ3) is 2.12. The zero-order valence-electron chi connectivity index (χ0n) is 12.1. The molecule has 2 aromatic heterocycles. The molecule has 23 heavy (non-hydrogen) atoms. The Hall–Kier alpha value is -2.66. The van der Waals surface area contributed by atoms with Gasteiger partial charge in [-0.1, -0.05) is 18.2 Å². The van der Waals surface area contributed by atoms with Crippen molar-refractivity contribution >= 4 is 39.0 Å². The summed E-state index contributed by atoms with van der Waals surface area (Å²) in [6.45, 7) is 0.548. The van der Waals surface area contributed by atoms with Gasteiger partial charge in [-0.3, -0.25) is 4.79 Å². The maximum atomic E-state index is 14.5. The lowest BCUT2D eigenvalue weighted by Gasteiger charge is -2.07. The van der Waals surface area contributed by atoms with Crippen LogP contribution in [0.15, 0.2) is 53.2 Å². The van der Waals surface area contributed by atoms with Crippen LogP contribution in [0.25, 0.3) is 21.8 Å². The van der Waals surface area contributed by atoms with Crippen LogP contribution >= 0.6 is 11.3 Å². The van der Waals surface area contributed by atoms with Crippen molar-refractivity contribution in [2.24, 2.45) is 5.73 Å². The summed E-state index contributed by atoms with van der Waals surface area (Å²) < 4.78 is 16.4. The monoisotopic (exact) mass is 324 g/mol. The summed E-state index contributed by atoms with van der Waals surface area (Å²) in [5.41, 5.74) is 8.35. The summed E-state index contributed by atoms with van der Waals surface area (Å²) in [5.74, 6) is -0.807. The van der Waals surface area contributed by atoms with Crippen molar-refractivity contribution in [3.8, 4) is 0 Å². The van der Waals surface area contributed by atoms with Crippen LogP contribution < -0.4 is 5.73 Å². The fraction of sp³-hybridized carbons (Fsp3) is 0.0556. The molecule has 0 bridgehead atoms. The maximum absolute atomic E-state index is 14.5. The van der Waals surface area contributed by atoms with E-state index in [2.05, 4.69) is 0 Å². The number of primary amides is 1. The predicted octanol–water partition coefficient (Wildman–Crippen LogP) is 4.14. The van der Waals surface area contributed by atoms with E-state index in [0.717, 1.165) is 11.1 Å². The molecule has 2 N–H and O–H groups in total. The highest BCUT2D eigenvalue weighted by atomic mass is 32.1. The maximum Gasteiger partial charge on any atom is 0.249 e. The Bertz CT molecular complexity index is 1030. The third-order valence-corrected chi connectivity index (χ3v) is 4.78. The average Bonchev–Trinajstić information content (AvgIpc) is 3.15. The fourth-order valence-corrected chi connectivity index (χ4v) is 3.75. The molecule has 2 aromatic carbocycles. The van der Waals surface area contributed by atoms with E-state index in [4.69, 9.17) is 5.73 Å². The van der Waals surface area contributed by atoms with Crippen LogP contribution in [0.2, 0.25) is 0 Å². The second kappa shape index (κ2) is 5.21. The van der Waals surface area contributed by atoms with E-state index in [0.29, 0.717) is 28.4 Å². The Morgan fingerprint density at radius 1 is 1.17 bits per heavy atom. The van der Waals surface area contributed by atoms with Gasteiger partial charge in [0.15, 0.2) is 0 Å². The van der Waals surface area contributed by atoms with Gasteiger partial charge < -0.3 is 10.3 Å². The molecule has 0 spiro atoms. The normalized spacial score (nSPS) is 11.3. The molecular weight excluding hydrogens is 311 g/mol. The van der Waals surface area contributed by atoms with Crippen molar-refractivity contribution in [1.29, 1.82) is 0 Å². The Labute approximate surface area is 135 Å². The van der Waals surface area contributed by atoms with Gasteiger partial charge >= 0.3 is 0 Å². The molecule has 2 heterocycles. The van der Waals surface area contributed by atoms with Crippen LogP contribution in [-0.2, 0) is 6.54 Å². The largest absolute Gasteiger partial charge is 0.366 e. The molecule has 5 heteroatoms. The van der Waals surface area contributed by atoms with E-state index in [1.54, 1.807) is 29.5 Å². The van der Waals surface area contributed by atoms with Crippen LogP contribution in [0.1, 0.15) is 15.9 Å². The van der Waals surface area contributed by atoms with Gasteiger partial charge in [0, 0.05) is 22.9 Å². The molecule has 3 nitrogen and oxygen atoms in total. The molecule has 0 fully saturated rings. The summed E-state index contributed by atoms with van der Waals surface area (Å²) in [6.07, 6.45) is 0. The number of carbonyl (C=O) groups excluding carboxylic acids is 1. The highest BCUT2D eigenvalue weighted by molar-refractivity contribution is 7.07. The Kier molecular flexibility index (Phi) is 3.16. The quantitative estimate of drug-likeness (QED) is 0.605. The van der Waals surface area contributed by atoms with Gasteiger partial charge in [0.25, 0.3) is 0 Å². The molecule has 0 unspecified atom stereocenters. The van der Waals surface area contributed by atoms with Gasteiger partial charge in [0.2, 0.25) is 5.91 Å². The second-order valence-corrected chi connectivity index (χ2v) is 6.20. The minimum atomic E-state index is -0.505. The third-order valence-electron chi connectivity index (χ3n) is 4.05. The number of fused-ring (bicyclic) bond motifs is 3. The number of hydrogen-bond donors (Lipinski definition) is 1. The Morgan fingerprint density at radius 3 is 2.74 bits per heavy atom. The molecule has 0 aliphatic rings. The smallest absolute Gasteiger partial charge is 0.249 e. The minimum absolute atomic E-state index is 0.302. The average molecular weight is 324 g/mol. The van der Waals surface area contributed by atoms with Gasteiger partial charge in [-0.25, -0.2) is 4.39 Å². The number of thiophene rings is 1. The minimum Gasteiger partial charge on any atom is -0.366 e. The number of benzene rings is 2. The first kappa shape index (κ1) is 14.0. The van der Waals surface area contributed by atoms with Crippen LogP contribution in [0.3, 0.4) is 0 Å². The number of para-hydroxylation sites is 1. The topological polar surface area (TPSA) is 48.0 Å². The van der Waals surface area contributed by atoms with Crippen molar-refractivity contribution in [1.82, 2.24) is 4.57 Å². The van der Waals surface area contributed by atoms with E-state index < -0.39 is 5.91 Å². The summed E-state index contributed by atoms with van der Waals surface area (Å²) in [6, 6.07) is 12.3. The highest BCUT2D eigenvalue weighted by Gasteiger charge is 2.18. The van der Waals surface area contributed by atoms with E-state index in [1.807, 2.05) is 33.5 Å². The number of hydrogen-bond acceptors (Lipinski definition) is 2. The zero-order chi connectivity index (χ0) is 16.0. The van der Waals surface area contributed by atoms with Crippen molar-refractivity contribution in [2.45, 2.75) is 6.54 Å². The number of halogens is 1. The summed E-state index contributed by atoms with van der Waals surface area (Å²) in [5, 5.41) is 5.46. The lowest BCUT2D eigenvalue weighted by Crippen LogP contribution is -2.11. The number of amides is 1. The first-order chi connectivity index (χ1) is 11.2. The van der Waals surface area contributed by atoms with Crippen LogP contribution in [-0.4, -0.2) is 10.5 Å². The van der Waals surface area contributed by atoms with Crippen molar-refractivity contribution in [3.05, 3.63) is 70.2 Å². The number of aromatic nitrogens is 1. The Balaban J connectivity index is 2.14. The highest BCUT2D eigenvalue weighted by Crippen LogP contribution is 2.33.